The summed E-state index contributed by atoms with van der Waals surface area (Å²) in [5.74, 6) is 1.03. The molecule has 1 aromatic heterocycles. The molecule has 0 spiro atoms. The van der Waals surface area contributed by atoms with Crippen molar-refractivity contribution in [3.63, 3.8) is 0 Å². The van der Waals surface area contributed by atoms with Gasteiger partial charge in [-0.1, -0.05) is 47.5 Å². The first-order valence-corrected chi connectivity index (χ1v) is 11.6. The molecule has 0 aliphatic heterocycles. The molecule has 10 heteroatoms. The Morgan fingerprint density at radius 2 is 1.32 bits per heavy atom. The van der Waals surface area contributed by atoms with Crippen molar-refractivity contribution in [2.75, 3.05) is 14.2 Å². The quantitative estimate of drug-likeness (QED) is 0.452. The third kappa shape index (κ3) is 6.30. The summed E-state index contributed by atoms with van der Waals surface area (Å²) in [6, 6.07) is 15.9. The van der Waals surface area contributed by atoms with Gasteiger partial charge in [-0.3, -0.25) is 0 Å². The molecule has 7 nitrogen and oxygen atoms in total. The van der Waals surface area contributed by atoms with Crippen molar-refractivity contribution >= 4 is 33.2 Å². The predicted molar refractivity (Wildman–Crippen MR) is 120 cm³/mol. The predicted octanol–water partition coefficient (Wildman–Crippen LogP) is 4.33. The lowest BCUT2D eigenvalue weighted by molar-refractivity contribution is 0.397. The molecule has 0 amide bonds. The lowest BCUT2D eigenvalue weighted by atomic mass is 10.2. The number of sulfonamides is 1. The van der Waals surface area contributed by atoms with E-state index in [9.17, 15) is 8.42 Å². The highest BCUT2D eigenvalue weighted by Gasteiger charge is 2.25. The van der Waals surface area contributed by atoms with Gasteiger partial charge in [-0.05, 0) is 41.5 Å². The van der Waals surface area contributed by atoms with Gasteiger partial charge in [0, 0.05) is 18.7 Å². The Kier molecular flexibility index (Phi) is 7.72. The molecule has 0 atom stereocenters. The normalized spacial score (nSPS) is 11.5. The fourth-order valence-corrected chi connectivity index (χ4v) is 4.79. The number of benzene rings is 2. The second-order valence-corrected chi connectivity index (χ2v) is 9.42. The van der Waals surface area contributed by atoms with Crippen LogP contribution in [0.25, 0.3) is 0 Å². The van der Waals surface area contributed by atoms with Crippen molar-refractivity contribution in [3.8, 4) is 11.5 Å². The van der Waals surface area contributed by atoms with Crippen LogP contribution in [0.4, 0.5) is 0 Å². The van der Waals surface area contributed by atoms with Crippen LogP contribution in [0.2, 0.25) is 10.3 Å². The van der Waals surface area contributed by atoms with E-state index >= 15 is 0 Å². The monoisotopic (exact) mass is 481 g/mol. The highest BCUT2D eigenvalue weighted by Crippen LogP contribution is 2.24. The van der Waals surface area contributed by atoms with Crippen LogP contribution in [0.1, 0.15) is 16.7 Å². The molecule has 0 N–H and O–H groups in total. The summed E-state index contributed by atoms with van der Waals surface area (Å²) in [4.78, 5) is 0. The molecule has 1 heterocycles. The Labute approximate surface area is 191 Å². The van der Waals surface area contributed by atoms with Crippen LogP contribution in [0.15, 0.2) is 54.6 Å². The number of ether oxygens (including phenoxy) is 2. The molecule has 0 bridgehead atoms. The maximum Gasteiger partial charge on any atom is 0.219 e. The summed E-state index contributed by atoms with van der Waals surface area (Å²) in [7, 11) is -0.630. The zero-order chi connectivity index (χ0) is 22.4. The van der Waals surface area contributed by atoms with Crippen LogP contribution in [0.5, 0.6) is 11.5 Å². The Balaban J connectivity index is 1.90. The average molecular weight is 482 g/mol. The zero-order valence-corrected chi connectivity index (χ0v) is 19.3. The van der Waals surface area contributed by atoms with Crippen molar-refractivity contribution in [2.24, 2.45) is 0 Å². The minimum absolute atomic E-state index is 0.00169. The molecule has 164 valence electrons. The van der Waals surface area contributed by atoms with Gasteiger partial charge >= 0.3 is 0 Å². The summed E-state index contributed by atoms with van der Waals surface area (Å²) in [5.41, 5.74) is 1.92. The minimum Gasteiger partial charge on any atom is -0.497 e. The lowest BCUT2D eigenvalue weighted by Crippen LogP contribution is -2.31. The van der Waals surface area contributed by atoms with E-state index < -0.39 is 10.0 Å². The van der Waals surface area contributed by atoms with Crippen LogP contribution >= 0.6 is 23.2 Å². The van der Waals surface area contributed by atoms with E-state index in [4.69, 9.17) is 32.7 Å². The third-order valence-corrected chi connectivity index (χ3v) is 6.78. The van der Waals surface area contributed by atoms with Crippen molar-refractivity contribution < 1.29 is 17.9 Å². The van der Waals surface area contributed by atoms with Crippen molar-refractivity contribution in [1.29, 1.82) is 0 Å². The summed E-state index contributed by atoms with van der Waals surface area (Å²) in [5, 5.41) is 7.41. The SMILES string of the molecule is COc1ccc(CN(Cc2ccc(OC)cc2)S(=O)(=O)Cc2cc(Cl)nnc2Cl)cc1. The van der Waals surface area contributed by atoms with E-state index in [1.807, 2.05) is 24.3 Å². The van der Waals surface area contributed by atoms with Crippen LogP contribution in [-0.4, -0.2) is 37.1 Å². The van der Waals surface area contributed by atoms with E-state index in [1.165, 1.54) is 10.4 Å². The number of aromatic nitrogens is 2. The van der Waals surface area contributed by atoms with Gasteiger partial charge in [0.25, 0.3) is 0 Å². The molecule has 2 aromatic carbocycles. The zero-order valence-electron chi connectivity index (χ0n) is 17.0. The Morgan fingerprint density at radius 1 is 0.839 bits per heavy atom. The average Bonchev–Trinajstić information content (AvgIpc) is 2.76. The number of hydrogen-bond acceptors (Lipinski definition) is 6. The molecule has 31 heavy (non-hydrogen) atoms. The van der Waals surface area contributed by atoms with E-state index in [0.29, 0.717) is 11.5 Å². The lowest BCUT2D eigenvalue weighted by Gasteiger charge is -2.23. The molecule has 0 aliphatic carbocycles. The molecule has 0 radical (unpaired) electrons. The molecule has 3 aromatic rings. The van der Waals surface area contributed by atoms with Crippen molar-refractivity contribution in [1.82, 2.24) is 14.5 Å². The molecule has 0 aliphatic rings. The van der Waals surface area contributed by atoms with Crippen LogP contribution in [0, 0.1) is 0 Å². The van der Waals surface area contributed by atoms with E-state index in [-0.39, 0.29) is 34.7 Å². The standard InChI is InChI=1S/C21H21Cl2N3O4S/c1-29-18-7-3-15(4-8-18)12-26(13-16-5-9-19(30-2)10-6-16)31(27,28)14-17-11-20(22)24-25-21(17)23/h3-11H,12-14H2,1-2H3. The van der Waals surface area contributed by atoms with Crippen molar-refractivity contribution in [3.05, 3.63) is 81.6 Å². The smallest absolute Gasteiger partial charge is 0.219 e. The molecule has 0 saturated heterocycles. The number of rotatable bonds is 9. The highest BCUT2D eigenvalue weighted by molar-refractivity contribution is 7.88. The number of hydrogen-bond donors (Lipinski definition) is 0. The van der Waals surface area contributed by atoms with Gasteiger partial charge < -0.3 is 9.47 Å². The third-order valence-electron chi connectivity index (χ3n) is 4.56. The van der Waals surface area contributed by atoms with Gasteiger partial charge in [0.15, 0.2) is 10.3 Å². The minimum atomic E-state index is -3.78. The Morgan fingerprint density at radius 3 is 1.77 bits per heavy atom. The summed E-state index contributed by atoms with van der Waals surface area (Å²) in [6.45, 7) is 0.338. The fourth-order valence-electron chi connectivity index (χ4n) is 2.90. The van der Waals surface area contributed by atoms with E-state index in [0.717, 1.165) is 11.1 Å². The molecular formula is C21H21Cl2N3O4S. The highest BCUT2D eigenvalue weighted by atomic mass is 35.5. The van der Waals surface area contributed by atoms with Crippen molar-refractivity contribution in [2.45, 2.75) is 18.8 Å². The summed E-state index contributed by atoms with van der Waals surface area (Å²) >= 11 is 11.9. The molecular weight excluding hydrogens is 461 g/mol. The topological polar surface area (TPSA) is 81.6 Å². The van der Waals surface area contributed by atoms with Gasteiger partial charge in [0.05, 0.1) is 20.0 Å². The van der Waals surface area contributed by atoms with Crippen LogP contribution in [0.3, 0.4) is 0 Å². The first-order chi connectivity index (χ1) is 14.8. The van der Waals surface area contributed by atoms with Gasteiger partial charge in [-0.2, -0.15) is 4.31 Å². The fraction of sp³-hybridized carbons (Fsp3) is 0.238. The molecule has 0 saturated carbocycles. The second-order valence-electron chi connectivity index (χ2n) is 6.70. The summed E-state index contributed by atoms with van der Waals surface area (Å²) < 4.78 is 38.4. The summed E-state index contributed by atoms with van der Waals surface area (Å²) in [6.07, 6.45) is 0. The van der Waals surface area contributed by atoms with Gasteiger partial charge in [-0.25, -0.2) is 8.42 Å². The van der Waals surface area contributed by atoms with E-state index in [2.05, 4.69) is 10.2 Å². The van der Waals surface area contributed by atoms with Gasteiger partial charge in [0.2, 0.25) is 10.0 Å². The Hall–Kier alpha value is -2.39. The van der Waals surface area contributed by atoms with Gasteiger partial charge in [-0.15, -0.1) is 10.2 Å². The van der Waals surface area contributed by atoms with Crippen LogP contribution in [-0.2, 0) is 28.9 Å². The van der Waals surface area contributed by atoms with E-state index in [1.54, 1.807) is 38.5 Å². The molecule has 3 rings (SSSR count). The maximum atomic E-state index is 13.3. The Bertz CT molecular complexity index is 1070. The second kappa shape index (κ2) is 10.3. The number of nitrogens with zero attached hydrogens (tertiary/aromatic N) is 3. The van der Waals surface area contributed by atoms with Gasteiger partial charge in [0.1, 0.15) is 11.5 Å². The maximum absolute atomic E-state index is 13.3. The molecule has 0 unspecified atom stereocenters. The number of halogens is 2. The molecule has 0 fully saturated rings. The number of methoxy groups -OCH3 is 2. The van der Waals surface area contributed by atoms with Crippen LogP contribution < -0.4 is 9.47 Å². The first kappa shape index (κ1) is 23.3. The largest absolute Gasteiger partial charge is 0.497 e. The first-order valence-electron chi connectivity index (χ1n) is 9.22.